The molecule has 0 saturated carbocycles. The van der Waals surface area contributed by atoms with Crippen molar-refractivity contribution in [3.8, 4) is 11.1 Å². The summed E-state index contributed by atoms with van der Waals surface area (Å²) < 4.78 is 0. The number of unbranched alkanes of at least 4 members (excludes halogenated alkanes) is 4. The Morgan fingerprint density at radius 3 is 2.19 bits per heavy atom. The largest absolute Gasteiger partial charge is 0.395 e. The molecule has 146 valence electrons. The predicted molar refractivity (Wildman–Crippen MR) is 112 cm³/mol. The summed E-state index contributed by atoms with van der Waals surface area (Å²) in [6, 6.07) is 17.9. The molecule has 0 aliphatic heterocycles. The molecule has 0 aromatic heterocycles. The zero-order chi connectivity index (χ0) is 19.3. The van der Waals surface area contributed by atoms with Gasteiger partial charge in [0.15, 0.2) is 0 Å². The van der Waals surface area contributed by atoms with Gasteiger partial charge in [0.05, 0.1) is 6.61 Å². The first-order valence-corrected chi connectivity index (χ1v) is 9.94. The van der Waals surface area contributed by atoms with Crippen molar-refractivity contribution in [3.05, 3.63) is 60.2 Å². The Bertz CT molecular complexity index is 656. The van der Waals surface area contributed by atoms with Gasteiger partial charge in [-0.15, -0.1) is 0 Å². The standard InChI is InChI=1S/C23H32N2O2/c1-25(18-19-26)17-9-4-2-3-8-16-24-23(27)22-14-12-21(13-15-22)20-10-6-5-7-11-20/h5-7,10-15,26H,2-4,8-9,16-19H2,1H3,(H,24,27). The summed E-state index contributed by atoms with van der Waals surface area (Å²) in [5.41, 5.74) is 2.99. The molecule has 1 amide bonds. The van der Waals surface area contributed by atoms with Crippen molar-refractivity contribution in [1.29, 1.82) is 0 Å². The summed E-state index contributed by atoms with van der Waals surface area (Å²) in [4.78, 5) is 14.4. The average Bonchev–Trinajstić information content (AvgIpc) is 2.71. The van der Waals surface area contributed by atoms with Crippen LogP contribution in [0.5, 0.6) is 0 Å². The fourth-order valence-electron chi connectivity index (χ4n) is 3.07. The van der Waals surface area contributed by atoms with Gasteiger partial charge in [-0.05, 0) is 49.7 Å². The van der Waals surface area contributed by atoms with Crippen LogP contribution in [0.4, 0.5) is 0 Å². The summed E-state index contributed by atoms with van der Waals surface area (Å²) >= 11 is 0. The second-order valence-electron chi connectivity index (χ2n) is 6.99. The molecule has 2 rings (SSSR count). The molecule has 2 N–H and O–H groups in total. The number of hydrogen-bond donors (Lipinski definition) is 2. The molecule has 2 aromatic rings. The number of aliphatic hydroxyl groups excluding tert-OH is 1. The van der Waals surface area contributed by atoms with E-state index in [0.29, 0.717) is 5.56 Å². The summed E-state index contributed by atoms with van der Waals surface area (Å²) in [6.45, 7) is 2.74. The minimum atomic E-state index is 0.000222. The second kappa shape index (κ2) is 12.3. The van der Waals surface area contributed by atoms with E-state index in [1.165, 1.54) is 12.8 Å². The van der Waals surface area contributed by atoms with Crippen LogP contribution in [0, 0.1) is 0 Å². The Morgan fingerprint density at radius 1 is 0.852 bits per heavy atom. The van der Waals surface area contributed by atoms with E-state index in [4.69, 9.17) is 5.11 Å². The highest BCUT2D eigenvalue weighted by molar-refractivity contribution is 5.94. The van der Waals surface area contributed by atoms with Gasteiger partial charge in [0.2, 0.25) is 0 Å². The number of aliphatic hydroxyl groups is 1. The highest BCUT2D eigenvalue weighted by Gasteiger charge is 2.05. The van der Waals surface area contributed by atoms with Crippen LogP contribution in [0.25, 0.3) is 11.1 Å². The fraction of sp³-hybridized carbons (Fsp3) is 0.435. The van der Waals surface area contributed by atoms with Crippen LogP contribution in [0.2, 0.25) is 0 Å². The van der Waals surface area contributed by atoms with E-state index in [1.54, 1.807) is 0 Å². The molecule has 0 aliphatic rings. The zero-order valence-corrected chi connectivity index (χ0v) is 16.4. The minimum absolute atomic E-state index is 0.000222. The lowest BCUT2D eigenvalue weighted by Gasteiger charge is -2.14. The van der Waals surface area contributed by atoms with Crippen LogP contribution in [0.15, 0.2) is 54.6 Å². The molecule has 0 unspecified atom stereocenters. The zero-order valence-electron chi connectivity index (χ0n) is 16.4. The Balaban J connectivity index is 1.59. The van der Waals surface area contributed by atoms with Crippen molar-refractivity contribution >= 4 is 5.91 Å². The maximum atomic E-state index is 12.2. The summed E-state index contributed by atoms with van der Waals surface area (Å²) in [5, 5.41) is 11.9. The Labute approximate surface area is 163 Å². The lowest BCUT2D eigenvalue weighted by molar-refractivity contribution is 0.0953. The van der Waals surface area contributed by atoms with Gasteiger partial charge in [0.25, 0.3) is 5.91 Å². The smallest absolute Gasteiger partial charge is 0.251 e. The summed E-state index contributed by atoms with van der Waals surface area (Å²) in [7, 11) is 2.04. The first-order chi connectivity index (χ1) is 13.2. The van der Waals surface area contributed by atoms with Gasteiger partial charge in [0.1, 0.15) is 0 Å². The van der Waals surface area contributed by atoms with E-state index in [9.17, 15) is 4.79 Å². The number of carbonyl (C=O) groups excluding carboxylic acids is 1. The lowest BCUT2D eigenvalue weighted by Crippen LogP contribution is -2.24. The molecule has 27 heavy (non-hydrogen) atoms. The topological polar surface area (TPSA) is 52.6 Å². The first kappa shape index (κ1) is 21.1. The van der Waals surface area contributed by atoms with E-state index in [0.717, 1.165) is 50.0 Å². The molecule has 0 saturated heterocycles. The molecule has 0 atom stereocenters. The SMILES string of the molecule is CN(CCO)CCCCCCCNC(=O)c1ccc(-c2ccccc2)cc1. The molecule has 4 nitrogen and oxygen atoms in total. The number of likely N-dealkylation sites (N-methyl/N-ethyl adjacent to an activating group) is 1. The van der Waals surface area contributed by atoms with Crippen LogP contribution in [-0.4, -0.2) is 49.2 Å². The molecular weight excluding hydrogens is 336 g/mol. The molecule has 4 heteroatoms. The van der Waals surface area contributed by atoms with Gasteiger partial charge < -0.3 is 15.3 Å². The van der Waals surface area contributed by atoms with Crippen molar-refractivity contribution in [2.24, 2.45) is 0 Å². The molecular formula is C23H32N2O2. The number of benzene rings is 2. The van der Waals surface area contributed by atoms with Gasteiger partial charge >= 0.3 is 0 Å². The number of hydrogen-bond acceptors (Lipinski definition) is 3. The highest BCUT2D eigenvalue weighted by atomic mass is 16.3. The van der Waals surface area contributed by atoms with Crippen molar-refractivity contribution in [3.63, 3.8) is 0 Å². The Hall–Kier alpha value is -2.17. The van der Waals surface area contributed by atoms with E-state index >= 15 is 0 Å². The van der Waals surface area contributed by atoms with Crippen LogP contribution in [0.3, 0.4) is 0 Å². The number of carbonyl (C=O) groups is 1. The van der Waals surface area contributed by atoms with Gasteiger partial charge in [-0.3, -0.25) is 4.79 Å². The third kappa shape index (κ3) is 7.94. The monoisotopic (exact) mass is 368 g/mol. The first-order valence-electron chi connectivity index (χ1n) is 9.94. The van der Waals surface area contributed by atoms with E-state index < -0.39 is 0 Å². The molecule has 0 spiro atoms. The van der Waals surface area contributed by atoms with Gasteiger partial charge in [0, 0.05) is 18.7 Å². The number of rotatable bonds is 12. The van der Waals surface area contributed by atoms with Crippen molar-refractivity contribution in [2.45, 2.75) is 32.1 Å². The quantitative estimate of drug-likeness (QED) is 0.558. The third-order valence-corrected chi connectivity index (χ3v) is 4.74. The average molecular weight is 369 g/mol. The van der Waals surface area contributed by atoms with Crippen molar-refractivity contribution in [2.75, 3.05) is 33.3 Å². The molecule has 0 radical (unpaired) electrons. The molecule has 0 heterocycles. The molecule has 0 aliphatic carbocycles. The second-order valence-corrected chi connectivity index (χ2v) is 6.99. The number of amides is 1. The van der Waals surface area contributed by atoms with Gasteiger partial charge in [-0.1, -0.05) is 61.7 Å². The lowest BCUT2D eigenvalue weighted by atomic mass is 10.0. The number of nitrogens with zero attached hydrogens (tertiary/aromatic N) is 1. The summed E-state index contributed by atoms with van der Waals surface area (Å²) in [6.07, 6.45) is 5.70. The molecule has 0 fully saturated rings. The van der Waals surface area contributed by atoms with E-state index in [1.807, 2.05) is 49.5 Å². The Kier molecular flexibility index (Phi) is 9.60. The number of nitrogens with one attached hydrogen (secondary N) is 1. The Morgan fingerprint density at radius 2 is 1.48 bits per heavy atom. The minimum Gasteiger partial charge on any atom is -0.395 e. The van der Waals surface area contributed by atoms with Crippen LogP contribution in [0.1, 0.15) is 42.5 Å². The maximum Gasteiger partial charge on any atom is 0.251 e. The molecule has 2 aromatic carbocycles. The third-order valence-electron chi connectivity index (χ3n) is 4.74. The highest BCUT2D eigenvalue weighted by Crippen LogP contribution is 2.19. The van der Waals surface area contributed by atoms with E-state index in [2.05, 4.69) is 22.3 Å². The van der Waals surface area contributed by atoms with Crippen LogP contribution >= 0.6 is 0 Å². The van der Waals surface area contributed by atoms with E-state index in [-0.39, 0.29) is 12.5 Å². The normalized spacial score (nSPS) is 10.9. The van der Waals surface area contributed by atoms with Gasteiger partial charge in [-0.25, -0.2) is 0 Å². The van der Waals surface area contributed by atoms with Crippen molar-refractivity contribution < 1.29 is 9.90 Å². The van der Waals surface area contributed by atoms with Gasteiger partial charge in [-0.2, -0.15) is 0 Å². The van der Waals surface area contributed by atoms with Crippen molar-refractivity contribution in [1.82, 2.24) is 10.2 Å². The summed E-state index contributed by atoms with van der Waals surface area (Å²) in [5.74, 6) is 0.000222. The predicted octanol–water partition coefficient (Wildman–Crippen LogP) is 3.96. The molecule has 0 bridgehead atoms. The fourth-order valence-corrected chi connectivity index (χ4v) is 3.07. The van der Waals surface area contributed by atoms with Crippen LogP contribution in [-0.2, 0) is 0 Å². The van der Waals surface area contributed by atoms with Crippen LogP contribution < -0.4 is 5.32 Å². The maximum absolute atomic E-state index is 12.2.